The zero-order chi connectivity index (χ0) is 18.2. The second kappa shape index (κ2) is 9.28. The van der Waals surface area contributed by atoms with Crippen molar-refractivity contribution in [1.82, 2.24) is 20.2 Å². The summed E-state index contributed by atoms with van der Waals surface area (Å²) in [4.78, 5) is 25.6. The summed E-state index contributed by atoms with van der Waals surface area (Å²) in [6.45, 7) is 6.03. The number of piperazine rings is 1. The average molecular weight is 361 g/mol. The Labute approximate surface area is 156 Å². The van der Waals surface area contributed by atoms with Crippen molar-refractivity contribution >= 4 is 11.9 Å². The number of nitrogens with two attached hydrogens (primary N) is 1. The first-order valence-electron chi connectivity index (χ1n) is 9.92. The molecule has 1 aromatic heterocycles. The molecule has 3 N–H and O–H groups in total. The van der Waals surface area contributed by atoms with Gasteiger partial charge in [0.2, 0.25) is 11.9 Å². The summed E-state index contributed by atoms with van der Waals surface area (Å²) in [7, 11) is 0. The third kappa shape index (κ3) is 5.14. The highest BCUT2D eigenvalue weighted by molar-refractivity contribution is 5.76. The van der Waals surface area contributed by atoms with Gasteiger partial charge >= 0.3 is 0 Å². The number of anilines is 1. The van der Waals surface area contributed by atoms with Gasteiger partial charge in [0.05, 0.1) is 0 Å². The van der Waals surface area contributed by atoms with Crippen LogP contribution in [-0.2, 0) is 4.79 Å². The Hall–Kier alpha value is -1.73. The third-order valence-electron chi connectivity index (χ3n) is 5.84. The number of carbonyl (C=O) groups is 1. The quantitative estimate of drug-likeness (QED) is 0.755. The van der Waals surface area contributed by atoms with E-state index in [0.717, 1.165) is 51.5 Å². The van der Waals surface area contributed by atoms with Crippen molar-refractivity contribution in [3.8, 4) is 0 Å². The molecule has 7 nitrogen and oxygen atoms in total. The van der Waals surface area contributed by atoms with E-state index in [1.165, 1.54) is 19.3 Å². The van der Waals surface area contributed by atoms with Crippen molar-refractivity contribution in [3.63, 3.8) is 0 Å². The van der Waals surface area contributed by atoms with Crippen molar-refractivity contribution in [2.45, 2.75) is 38.5 Å². The van der Waals surface area contributed by atoms with Crippen molar-refractivity contribution in [3.05, 3.63) is 18.5 Å². The van der Waals surface area contributed by atoms with Gasteiger partial charge in [0.25, 0.3) is 0 Å². The first-order valence-corrected chi connectivity index (χ1v) is 9.92. The molecule has 1 saturated carbocycles. The lowest BCUT2D eigenvalue weighted by molar-refractivity contribution is -0.123. The topological polar surface area (TPSA) is 87.4 Å². The summed E-state index contributed by atoms with van der Waals surface area (Å²) in [5.41, 5.74) is 6.04. The summed E-state index contributed by atoms with van der Waals surface area (Å²) in [5.74, 6) is 0.966. The van der Waals surface area contributed by atoms with Gasteiger partial charge in [0.1, 0.15) is 0 Å². The molecule has 26 heavy (non-hydrogen) atoms. The maximum absolute atomic E-state index is 12.3. The Morgan fingerprint density at radius 1 is 1.12 bits per heavy atom. The van der Waals surface area contributed by atoms with E-state index < -0.39 is 0 Å². The maximum atomic E-state index is 12.3. The molecule has 0 atom stereocenters. The minimum atomic E-state index is 0.0453. The van der Waals surface area contributed by atoms with Gasteiger partial charge in [-0.25, -0.2) is 9.97 Å². The van der Waals surface area contributed by atoms with E-state index in [9.17, 15) is 4.79 Å². The van der Waals surface area contributed by atoms with E-state index in [1.54, 1.807) is 12.4 Å². The highest BCUT2D eigenvalue weighted by Crippen LogP contribution is 2.38. The second-order valence-corrected chi connectivity index (χ2v) is 7.67. The van der Waals surface area contributed by atoms with Gasteiger partial charge in [-0.2, -0.15) is 0 Å². The number of carbonyl (C=O) groups excluding carboxylic acids is 1. The second-order valence-electron chi connectivity index (χ2n) is 7.67. The highest BCUT2D eigenvalue weighted by atomic mass is 16.1. The van der Waals surface area contributed by atoms with Gasteiger partial charge < -0.3 is 16.0 Å². The molecule has 0 spiro atoms. The summed E-state index contributed by atoms with van der Waals surface area (Å²) in [6.07, 6.45) is 10.0. The predicted molar refractivity (Wildman–Crippen MR) is 103 cm³/mol. The van der Waals surface area contributed by atoms with E-state index >= 15 is 0 Å². The fourth-order valence-electron chi connectivity index (χ4n) is 4.14. The SMILES string of the molecule is NCC1(CC(=O)NCCN2CCN(c3ncccn3)CC2)CCCCC1. The van der Waals surface area contributed by atoms with Crippen LogP contribution in [0.1, 0.15) is 38.5 Å². The fourth-order valence-corrected chi connectivity index (χ4v) is 4.14. The lowest BCUT2D eigenvalue weighted by Crippen LogP contribution is -2.49. The molecular formula is C19H32N6O. The molecule has 1 aliphatic carbocycles. The Kier molecular flexibility index (Phi) is 6.80. The molecule has 2 aliphatic rings. The lowest BCUT2D eigenvalue weighted by Gasteiger charge is -2.36. The van der Waals surface area contributed by atoms with Gasteiger partial charge in [0, 0.05) is 58.1 Å². The molecule has 144 valence electrons. The van der Waals surface area contributed by atoms with Crippen LogP contribution in [0.2, 0.25) is 0 Å². The number of aromatic nitrogens is 2. The zero-order valence-electron chi connectivity index (χ0n) is 15.7. The molecule has 1 aromatic rings. The largest absolute Gasteiger partial charge is 0.355 e. The number of rotatable bonds is 7. The van der Waals surface area contributed by atoms with Crippen LogP contribution in [-0.4, -0.2) is 66.6 Å². The Morgan fingerprint density at radius 3 is 2.46 bits per heavy atom. The fraction of sp³-hybridized carbons (Fsp3) is 0.737. The van der Waals surface area contributed by atoms with Crippen LogP contribution in [0.15, 0.2) is 18.5 Å². The Bertz CT molecular complexity index is 552. The monoisotopic (exact) mass is 360 g/mol. The first-order chi connectivity index (χ1) is 12.7. The van der Waals surface area contributed by atoms with Gasteiger partial charge in [-0.3, -0.25) is 9.69 Å². The van der Waals surface area contributed by atoms with Crippen LogP contribution >= 0.6 is 0 Å². The van der Waals surface area contributed by atoms with Crippen molar-refractivity contribution in [2.24, 2.45) is 11.1 Å². The van der Waals surface area contributed by atoms with Gasteiger partial charge in [-0.05, 0) is 30.9 Å². The number of nitrogens with zero attached hydrogens (tertiary/aromatic N) is 4. The molecule has 0 radical (unpaired) electrons. The van der Waals surface area contributed by atoms with E-state index in [1.807, 2.05) is 6.07 Å². The molecule has 2 heterocycles. The van der Waals surface area contributed by atoms with Crippen LogP contribution in [0.3, 0.4) is 0 Å². The molecule has 0 aromatic carbocycles. The van der Waals surface area contributed by atoms with Crippen molar-refractivity contribution in [1.29, 1.82) is 0 Å². The van der Waals surface area contributed by atoms with Crippen LogP contribution < -0.4 is 16.0 Å². The van der Waals surface area contributed by atoms with E-state index in [0.29, 0.717) is 19.5 Å². The van der Waals surface area contributed by atoms with E-state index in [4.69, 9.17) is 5.73 Å². The Balaban J connectivity index is 1.34. The normalized spacial score (nSPS) is 20.7. The molecular weight excluding hydrogens is 328 g/mol. The number of hydrogen-bond acceptors (Lipinski definition) is 6. The van der Waals surface area contributed by atoms with Crippen LogP contribution in [0.4, 0.5) is 5.95 Å². The molecule has 0 unspecified atom stereocenters. The van der Waals surface area contributed by atoms with E-state index in [2.05, 4.69) is 25.1 Å². The van der Waals surface area contributed by atoms with Gasteiger partial charge in [0.15, 0.2) is 0 Å². The summed E-state index contributed by atoms with van der Waals surface area (Å²) in [5, 5.41) is 3.10. The molecule has 0 bridgehead atoms. The molecule has 1 aliphatic heterocycles. The highest BCUT2D eigenvalue weighted by Gasteiger charge is 2.32. The van der Waals surface area contributed by atoms with Gasteiger partial charge in [-0.1, -0.05) is 19.3 Å². The summed E-state index contributed by atoms with van der Waals surface area (Å²) in [6, 6.07) is 1.84. The van der Waals surface area contributed by atoms with Crippen LogP contribution in [0.5, 0.6) is 0 Å². The number of amides is 1. The minimum Gasteiger partial charge on any atom is -0.355 e. The van der Waals surface area contributed by atoms with Crippen LogP contribution in [0.25, 0.3) is 0 Å². The Morgan fingerprint density at radius 2 is 1.81 bits per heavy atom. The summed E-state index contributed by atoms with van der Waals surface area (Å²) < 4.78 is 0. The molecule has 7 heteroatoms. The zero-order valence-corrected chi connectivity index (χ0v) is 15.7. The standard InChI is InChI=1S/C19H32N6O/c20-16-19(5-2-1-3-6-19)15-17(26)21-9-10-24-11-13-25(14-12-24)18-22-7-4-8-23-18/h4,7-8H,1-3,5-6,9-16,20H2,(H,21,26). The molecule has 2 fully saturated rings. The molecule has 1 amide bonds. The maximum Gasteiger partial charge on any atom is 0.225 e. The van der Waals surface area contributed by atoms with Crippen molar-refractivity contribution in [2.75, 3.05) is 50.7 Å². The lowest BCUT2D eigenvalue weighted by atomic mass is 9.71. The predicted octanol–water partition coefficient (Wildman–Crippen LogP) is 1.01. The summed E-state index contributed by atoms with van der Waals surface area (Å²) >= 11 is 0. The first kappa shape index (κ1) is 19.0. The number of hydrogen-bond donors (Lipinski definition) is 2. The van der Waals surface area contributed by atoms with Crippen molar-refractivity contribution < 1.29 is 4.79 Å². The number of nitrogens with one attached hydrogen (secondary N) is 1. The minimum absolute atomic E-state index is 0.0453. The average Bonchev–Trinajstić information content (AvgIpc) is 2.70. The molecule has 3 rings (SSSR count). The van der Waals surface area contributed by atoms with E-state index in [-0.39, 0.29) is 11.3 Å². The third-order valence-corrected chi connectivity index (χ3v) is 5.84. The smallest absolute Gasteiger partial charge is 0.225 e. The molecule has 1 saturated heterocycles. The van der Waals surface area contributed by atoms with Crippen LogP contribution in [0, 0.1) is 5.41 Å². The van der Waals surface area contributed by atoms with Gasteiger partial charge in [-0.15, -0.1) is 0 Å².